The highest BCUT2D eigenvalue weighted by atomic mass is 35.5. The maximum Gasteiger partial charge on any atom is 0.244 e. The van der Waals surface area contributed by atoms with Gasteiger partial charge in [-0.2, -0.15) is 0 Å². The second-order valence-electron chi connectivity index (χ2n) is 2.32. The van der Waals surface area contributed by atoms with Crippen LogP contribution in [0.3, 0.4) is 0 Å². The van der Waals surface area contributed by atoms with E-state index in [2.05, 4.69) is 25.4 Å². The van der Waals surface area contributed by atoms with E-state index in [0.29, 0.717) is 5.03 Å². The molecule has 2 heterocycles. The van der Waals surface area contributed by atoms with E-state index in [1.54, 1.807) is 0 Å². The van der Waals surface area contributed by atoms with E-state index in [0.717, 1.165) is 8.68 Å². The molecular weight excluding hydrogens is 309 g/mol. The first kappa shape index (κ1) is 12.3. The van der Waals surface area contributed by atoms with Crippen molar-refractivity contribution in [2.75, 3.05) is 6.26 Å². The number of nitrogens with zero attached hydrogens (tertiary/aromatic N) is 5. The molecule has 0 amide bonds. The number of rotatable bonds is 3. The summed E-state index contributed by atoms with van der Waals surface area (Å²) < 4.78 is 1.62. The van der Waals surface area contributed by atoms with Crippen LogP contribution in [0.1, 0.15) is 0 Å². The maximum atomic E-state index is 5.82. The topological polar surface area (TPSA) is 64.5 Å². The van der Waals surface area contributed by atoms with E-state index >= 15 is 0 Å². The van der Waals surface area contributed by atoms with Crippen LogP contribution in [0.15, 0.2) is 13.7 Å². The molecule has 0 fully saturated rings. The summed E-state index contributed by atoms with van der Waals surface area (Å²) in [6, 6.07) is 0. The molecule has 10 heteroatoms. The first-order valence-corrected chi connectivity index (χ1v) is 7.41. The van der Waals surface area contributed by atoms with Gasteiger partial charge in [0.05, 0.1) is 0 Å². The molecule has 16 heavy (non-hydrogen) atoms. The van der Waals surface area contributed by atoms with E-state index in [1.165, 1.54) is 34.9 Å². The Morgan fingerprint density at radius 3 is 2.50 bits per heavy atom. The van der Waals surface area contributed by atoms with Gasteiger partial charge in [-0.3, -0.25) is 0 Å². The third-order valence-electron chi connectivity index (χ3n) is 1.34. The van der Waals surface area contributed by atoms with Gasteiger partial charge in [0.2, 0.25) is 5.28 Å². The van der Waals surface area contributed by atoms with E-state index in [4.69, 9.17) is 23.2 Å². The van der Waals surface area contributed by atoms with Gasteiger partial charge >= 0.3 is 0 Å². The quantitative estimate of drug-likeness (QED) is 0.807. The van der Waals surface area contributed by atoms with Gasteiger partial charge in [-0.05, 0) is 29.6 Å². The summed E-state index contributed by atoms with van der Waals surface area (Å²) in [5.74, 6) is 0. The largest absolute Gasteiger partial charge is 0.244 e. The van der Waals surface area contributed by atoms with Crippen molar-refractivity contribution in [3.63, 3.8) is 0 Å². The first-order chi connectivity index (χ1) is 7.69. The van der Waals surface area contributed by atoms with Crippen molar-refractivity contribution in [3.8, 4) is 0 Å². The molecule has 84 valence electrons. The summed E-state index contributed by atoms with van der Waals surface area (Å²) >= 11 is 15.7. The fraction of sp³-hybridized carbons (Fsp3) is 0.167. The van der Waals surface area contributed by atoms with Crippen molar-refractivity contribution in [1.82, 2.24) is 25.4 Å². The Labute approximate surface area is 113 Å². The number of halogens is 2. The molecule has 0 saturated heterocycles. The van der Waals surface area contributed by atoms with Gasteiger partial charge in [-0.1, -0.05) is 34.7 Å². The van der Waals surface area contributed by atoms with Crippen molar-refractivity contribution in [2.24, 2.45) is 0 Å². The molecule has 0 N–H and O–H groups in total. The van der Waals surface area contributed by atoms with Gasteiger partial charge in [0.25, 0.3) is 0 Å². The second-order valence-corrected chi connectivity index (χ2v) is 6.28. The van der Waals surface area contributed by atoms with Crippen LogP contribution in [-0.4, -0.2) is 31.6 Å². The Balaban J connectivity index is 2.22. The summed E-state index contributed by atoms with van der Waals surface area (Å²) in [6.07, 6.45) is 1.94. The van der Waals surface area contributed by atoms with E-state index in [1.807, 2.05) is 6.26 Å². The molecular formula is C6H3Cl2N5S3. The molecule has 2 aromatic heterocycles. The minimum Gasteiger partial charge on any atom is -0.206 e. The van der Waals surface area contributed by atoms with Crippen molar-refractivity contribution in [1.29, 1.82) is 0 Å². The Kier molecular flexibility index (Phi) is 4.20. The molecule has 0 spiro atoms. The summed E-state index contributed by atoms with van der Waals surface area (Å²) in [6.45, 7) is 0. The first-order valence-electron chi connectivity index (χ1n) is 3.80. The van der Waals surface area contributed by atoms with Gasteiger partial charge in [-0.25, -0.2) is 4.98 Å². The maximum absolute atomic E-state index is 5.82. The van der Waals surface area contributed by atoms with Gasteiger partial charge in [0.15, 0.2) is 13.8 Å². The predicted octanol–water partition coefficient (Wildman–Crippen LogP) is 2.90. The highest BCUT2D eigenvalue weighted by molar-refractivity contribution is 8.03. The molecule has 0 saturated carbocycles. The number of aromatic nitrogens is 5. The van der Waals surface area contributed by atoms with Crippen molar-refractivity contribution in [3.05, 3.63) is 10.4 Å². The number of hydrogen-bond acceptors (Lipinski definition) is 8. The Morgan fingerprint density at radius 2 is 1.81 bits per heavy atom. The molecule has 0 atom stereocenters. The fourth-order valence-electron chi connectivity index (χ4n) is 0.749. The molecule has 0 aliphatic heterocycles. The third-order valence-corrected chi connectivity index (χ3v) is 4.79. The molecule has 0 aliphatic rings. The SMILES string of the molecule is CSc1nnc(Sc2nc(Cl)nnc2Cl)s1. The Hall–Kier alpha value is -0.150. The van der Waals surface area contributed by atoms with Crippen LogP contribution in [-0.2, 0) is 0 Å². The van der Waals surface area contributed by atoms with Crippen molar-refractivity contribution >= 4 is 58.1 Å². The van der Waals surface area contributed by atoms with Crippen LogP contribution in [0.4, 0.5) is 0 Å². The van der Waals surface area contributed by atoms with Crippen LogP contribution in [0, 0.1) is 0 Å². The number of thioether (sulfide) groups is 1. The zero-order valence-corrected chi connectivity index (χ0v) is 11.7. The molecule has 0 bridgehead atoms. The molecule has 0 aliphatic carbocycles. The molecule has 0 radical (unpaired) electrons. The minimum atomic E-state index is 0.0569. The second kappa shape index (κ2) is 5.46. The predicted molar refractivity (Wildman–Crippen MR) is 65.7 cm³/mol. The standard InChI is InChI=1S/C6H3Cl2N5S3/c1-14-5-12-13-6(16-5)15-3-2(7)10-11-4(8)9-3/h1H3. The zero-order valence-electron chi connectivity index (χ0n) is 7.72. The van der Waals surface area contributed by atoms with Gasteiger partial charge in [0, 0.05) is 0 Å². The summed E-state index contributed by atoms with van der Waals surface area (Å²) in [5.41, 5.74) is 0. The molecule has 2 aromatic rings. The average molecular weight is 312 g/mol. The van der Waals surface area contributed by atoms with Crippen LogP contribution in [0.25, 0.3) is 0 Å². The smallest absolute Gasteiger partial charge is 0.206 e. The molecule has 2 rings (SSSR count). The Bertz CT molecular complexity index is 505. The summed E-state index contributed by atoms with van der Waals surface area (Å²) in [7, 11) is 0. The molecule has 0 unspecified atom stereocenters. The van der Waals surface area contributed by atoms with Gasteiger partial charge < -0.3 is 0 Å². The van der Waals surface area contributed by atoms with E-state index < -0.39 is 0 Å². The monoisotopic (exact) mass is 311 g/mol. The average Bonchev–Trinajstić information content (AvgIpc) is 2.71. The highest BCUT2D eigenvalue weighted by Crippen LogP contribution is 2.34. The van der Waals surface area contributed by atoms with Crippen LogP contribution >= 0.6 is 58.1 Å². The van der Waals surface area contributed by atoms with E-state index in [9.17, 15) is 0 Å². The van der Waals surface area contributed by atoms with Gasteiger partial charge in [0.1, 0.15) is 5.03 Å². The third kappa shape index (κ3) is 2.95. The van der Waals surface area contributed by atoms with Crippen LogP contribution in [0.5, 0.6) is 0 Å². The summed E-state index contributed by atoms with van der Waals surface area (Å²) in [5, 5.41) is 15.8. The lowest BCUT2D eigenvalue weighted by molar-refractivity contribution is 0.900. The lowest BCUT2D eigenvalue weighted by Gasteiger charge is -1.97. The minimum absolute atomic E-state index is 0.0569. The lowest BCUT2D eigenvalue weighted by atomic mass is 10.9. The van der Waals surface area contributed by atoms with Gasteiger partial charge in [-0.15, -0.1) is 20.4 Å². The van der Waals surface area contributed by atoms with Crippen LogP contribution < -0.4 is 0 Å². The van der Waals surface area contributed by atoms with Crippen LogP contribution in [0.2, 0.25) is 10.4 Å². The highest BCUT2D eigenvalue weighted by Gasteiger charge is 2.11. The molecule has 5 nitrogen and oxygen atoms in total. The molecule has 0 aromatic carbocycles. The zero-order chi connectivity index (χ0) is 11.5. The van der Waals surface area contributed by atoms with E-state index in [-0.39, 0.29) is 10.4 Å². The van der Waals surface area contributed by atoms with Crippen molar-refractivity contribution in [2.45, 2.75) is 13.7 Å². The fourth-order valence-corrected chi connectivity index (χ4v) is 3.42. The summed E-state index contributed by atoms with van der Waals surface area (Å²) in [4.78, 5) is 3.96. The number of hydrogen-bond donors (Lipinski definition) is 0. The normalized spacial score (nSPS) is 10.7. The Morgan fingerprint density at radius 1 is 1.06 bits per heavy atom. The van der Waals surface area contributed by atoms with Crippen molar-refractivity contribution < 1.29 is 0 Å². The lowest BCUT2D eigenvalue weighted by Crippen LogP contribution is -1.91.